The average molecular weight is 316 g/mol. The molecule has 0 amide bonds. The fourth-order valence-corrected chi connectivity index (χ4v) is 2.07. The van der Waals surface area contributed by atoms with Crippen LogP contribution in [0.15, 0.2) is 42.5 Å². The van der Waals surface area contributed by atoms with Gasteiger partial charge in [0, 0.05) is 0 Å². The van der Waals surface area contributed by atoms with E-state index in [0.717, 1.165) is 18.1 Å². The highest BCUT2D eigenvalue weighted by Crippen LogP contribution is 2.31. The summed E-state index contributed by atoms with van der Waals surface area (Å²) in [4.78, 5) is 0. The molecule has 0 aliphatic heterocycles. The standard InChI is InChI=1S/C17H23F3O2/c1-2-3-11-16(21)15(17(18,19)20)10-7-12-22-13-14-8-5-4-6-9-14/h4-10,15-16,21H,2-3,11-13H2,1H3/b10-7-/t15-,16+/m0/s1. The monoisotopic (exact) mass is 316 g/mol. The van der Waals surface area contributed by atoms with Gasteiger partial charge in [0.1, 0.15) is 0 Å². The lowest BCUT2D eigenvalue weighted by atomic mass is 9.96. The Morgan fingerprint density at radius 2 is 1.91 bits per heavy atom. The molecule has 0 saturated heterocycles. The van der Waals surface area contributed by atoms with E-state index in [9.17, 15) is 18.3 Å². The number of rotatable bonds is 9. The molecule has 0 aliphatic carbocycles. The first-order chi connectivity index (χ1) is 10.4. The summed E-state index contributed by atoms with van der Waals surface area (Å²) in [5.41, 5.74) is 0.964. The highest BCUT2D eigenvalue weighted by molar-refractivity contribution is 5.13. The quantitative estimate of drug-likeness (QED) is 0.537. The van der Waals surface area contributed by atoms with Gasteiger partial charge in [-0.3, -0.25) is 0 Å². The number of hydrogen-bond donors (Lipinski definition) is 1. The molecule has 0 fully saturated rings. The van der Waals surface area contributed by atoms with Gasteiger partial charge in [-0.05, 0) is 12.0 Å². The molecule has 0 spiro atoms. The van der Waals surface area contributed by atoms with Gasteiger partial charge in [0.05, 0.1) is 25.2 Å². The molecule has 1 rings (SSSR count). The second-order valence-corrected chi connectivity index (χ2v) is 5.21. The minimum Gasteiger partial charge on any atom is -0.392 e. The third kappa shape index (κ3) is 7.09. The number of aliphatic hydroxyl groups excluding tert-OH is 1. The predicted octanol–water partition coefficient (Wildman–Crippen LogP) is 4.49. The van der Waals surface area contributed by atoms with Crippen LogP contribution in [-0.4, -0.2) is 24.0 Å². The molecule has 1 N–H and O–H groups in total. The maximum atomic E-state index is 12.9. The third-order valence-corrected chi connectivity index (χ3v) is 3.31. The van der Waals surface area contributed by atoms with Crippen LogP contribution in [0, 0.1) is 5.92 Å². The number of aliphatic hydroxyl groups is 1. The van der Waals surface area contributed by atoms with Crippen molar-refractivity contribution in [1.82, 2.24) is 0 Å². The van der Waals surface area contributed by atoms with Gasteiger partial charge in [-0.15, -0.1) is 0 Å². The van der Waals surface area contributed by atoms with Crippen LogP contribution in [0.25, 0.3) is 0 Å². The van der Waals surface area contributed by atoms with Gasteiger partial charge in [0.15, 0.2) is 0 Å². The van der Waals surface area contributed by atoms with Gasteiger partial charge in [-0.2, -0.15) is 13.2 Å². The number of unbranched alkanes of at least 4 members (excludes halogenated alkanes) is 1. The summed E-state index contributed by atoms with van der Waals surface area (Å²) in [6, 6.07) is 9.40. The Kier molecular flexibility index (Phi) is 8.20. The number of alkyl halides is 3. The highest BCUT2D eigenvalue weighted by atomic mass is 19.4. The molecule has 2 nitrogen and oxygen atoms in total. The predicted molar refractivity (Wildman–Crippen MR) is 80.3 cm³/mol. The summed E-state index contributed by atoms with van der Waals surface area (Å²) in [5, 5.41) is 9.70. The molecule has 0 saturated carbocycles. The van der Waals surface area contributed by atoms with Crippen molar-refractivity contribution in [2.45, 2.75) is 45.1 Å². The Hall–Kier alpha value is -1.33. The molecule has 1 aromatic rings. The molecule has 0 bridgehead atoms. The first kappa shape index (κ1) is 18.7. The minimum absolute atomic E-state index is 0.0853. The zero-order valence-corrected chi connectivity index (χ0v) is 12.7. The van der Waals surface area contributed by atoms with Crippen LogP contribution in [-0.2, 0) is 11.3 Å². The fourth-order valence-electron chi connectivity index (χ4n) is 2.07. The molecule has 0 aromatic heterocycles. The Balaban J connectivity index is 2.44. The largest absolute Gasteiger partial charge is 0.397 e. The van der Waals surface area contributed by atoms with Crippen LogP contribution in [0.5, 0.6) is 0 Å². The van der Waals surface area contributed by atoms with Crippen molar-refractivity contribution in [1.29, 1.82) is 0 Å². The summed E-state index contributed by atoms with van der Waals surface area (Å²) < 4.78 is 44.1. The van der Waals surface area contributed by atoms with Gasteiger partial charge >= 0.3 is 6.18 Å². The van der Waals surface area contributed by atoms with Crippen molar-refractivity contribution in [2.24, 2.45) is 5.92 Å². The van der Waals surface area contributed by atoms with E-state index in [1.165, 1.54) is 6.08 Å². The molecule has 0 heterocycles. The van der Waals surface area contributed by atoms with E-state index in [-0.39, 0.29) is 13.0 Å². The van der Waals surface area contributed by atoms with Gasteiger partial charge in [-0.25, -0.2) is 0 Å². The lowest BCUT2D eigenvalue weighted by Crippen LogP contribution is -2.32. The molecule has 124 valence electrons. The second-order valence-electron chi connectivity index (χ2n) is 5.21. The maximum absolute atomic E-state index is 12.9. The first-order valence-corrected chi connectivity index (χ1v) is 7.48. The summed E-state index contributed by atoms with van der Waals surface area (Å²) in [6.45, 7) is 2.31. The Morgan fingerprint density at radius 3 is 2.50 bits per heavy atom. The number of hydrogen-bond acceptors (Lipinski definition) is 2. The normalized spacial score (nSPS) is 15.1. The van der Waals surface area contributed by atoms with Crippen molar-refractivity contribution in [3.63, 3.8) is 0 Å². The average Bonchev–Trinajstić information content (AvgIpc) is 2.48. The second kappa shape index (κ2) is 9.64. The Bertz CT molecular complexity index is 429. The van der Waals surface area contributed by atoms with Crippen LogP contribution in [0.1, 0.15) is 31.7 Å². The van der Waals surface area contributed by atoms with Gasteiger partial charge in [0.25, 0.3) is 0 Å². The minimum atomic E-state index is -4.44. The molecule has 2 atom stereocenters. The first-order valence-electron chi connectivity index (χ1n) is 7.48. The maximum Gasteiger partial charge on any atom is 0.397 e. The van der Waals surface area contributed by atoms with Crippen molar-refractivity contribution in [3.8, 4) is 0 Å². The summed E-state index contributed by atoms with van der Waals surface area (Å²) >= 11 is 0. The van der Waals surface area contributed by atoms with E-state index in [1.54, 1.807) is 0 Å². The lowest BCUT2D eigenvalue weighted by Gasteiger charge is -2.22. The molecule has 1 aromatic carbocycles. The number of ether oxygens (including phenoxy) is 1. The van der Waals surface area contributed by atoms with Crippen molar-refractivity contribution in [3.05, 3.63) is 48.0 Å². The van der Waals surface area contributed by atoms with Crippen LogP contribution in [0.4, 0.5) is 13.2 Å². The number of benzene rings is 1. The van der Waals surface area contributed by atoms with Crippen LogP contribution in [0.3, 0.4) is 0 Å². The zero-order valence-electron chi connectivity index (χ0n) is 12.7. The van der Waals surface area contributed by atoms with E-state index in [1.807, 2.05) is 37.3 Å². The molecule has 0 aliphatic rings. The summed E-state index contributed by atoms with van der Waals surface area (Å²) in [7, 11) is 0. The smallest absolute Gasteiger partial charge is 0.392 e. The lowest BCUT2D eigenvalue weighted by molar-refractivity contribution is -0.185. The molecule has 0 unspecified atom stereocenters. The van der Waals surface area contributed by atoms with Gasteiger partial charge < -0.3 is 9.84 Å². The summed E-state index contributed by atoms with van der Waals surface area (Å²) in [5.74, 6) is -1.83. The zero-order chi connectivity index (χ0) is 16.4. The topological polar surface area (TPSA) is 29.5 Å². The number of halogens is 3. The molecule has 0 radical (unpaired) electrons. The Morgan fingerprint density at radius 1 is 1.23 bits per heavy atom. The fraction of sp³-hybridized carbons (Fsp3) is 0.529. The van der Waals surface area contributed by atoms with E-state index < -0.39 is 18.2 Å². The van der Waals surface area contributed by atoms with E-state index in [2.05, 4.69) is 0 Å². The summed E-state index contributed by atoms with van der Waals surface area (Å²) in [6.07, 6.45) is -2.02. The molecular formula is C17H23F3O2. The molecular weight excluding hydrogens is 293 g/mol. The van der Waals surface area contributed by atoms with Crippen LogP contribution >= 0.6 is 0 Å². The van der Waals surface area contributed by atoms with E-state index in [0.29, 0.717) is 13.0 Å². The SMILES string of the molecule is CCCC[C@@H](O)[C@H](/C=C\COCc1ccccc1)C(F)(F)F. The van der Waals surface area contributed by atoms with Crippen LogP contribution in [0.2, 0.25) is 0 Å². The van der Waals surface area contributed by atoms with Crippen molar-refractivity contribution < 1.29 is 23.0 Å². The van der Waals surface area contributed by atoms with Crippen molar-refractivity contribution >= 4 is 0 Å². The van der Waals surface area contributed by atoms with Crippen LogP contribution < -0.4 is 0 Å². The molecule has 22 heavy (non-hydrogen) atoms. The van der Waals surface area contributed by atoms with Gasteiger partial charge in [0.2, 0.25) is 0 Å². The highest BCUT2D eigenvalue weighted by Gasteiger charge is 2.41. The molecule has 5 heteroatoms. The van der Waals surface area contributed by atoms with E-state index >= 15 is 0 Å². The Labute approximate surface area is 129 Å². The van der Waals surface area contributed by atoms with Gasteiger partial charge in [-0.1, -0.05) is 62.2 Å². The van der Waals surface area contributed by atoms with E-state index in [4.69, 9.17) is 4.74 Å². The van der Waals surface area contributed by atoms with Crippen molar-refractivity contribution in [2.75, 3.05) is 6.61 Å². The third-order valence-electron chi connectivity index (χ3n) is 3.31.